The zero-order chi connectivity index (χ0) is 14.4. The highest BCUT2D eigenvalue weighted by Crippen LogP contribution is 2.13. The SMILES string of the molecule is CCN(CCC(=O)O)Cc1nc(-c2ccccn2)no1. The van der Waals surface area contributed by atoms with Crippen LogP contribution < -0.4 is 0 Å². The second kappa shape index (κ2) is 6.76. The van der Waals surface area contributed by atoms with Gasteiger partial charge >= 0.3 is 5.97 Å². The number of nitrogens with zero attached hydrogens (tertiary/aromatic N) is 4. The van der Waals surface area contributed by atoms with Gasteiger partial charge in [-0.1, -0.05) is 18.1 Å². The molecule has 7 heteroatoms. The molecule has 7 nitrogen and oxygen atoms in total. The fourth-order valence-electron chi connectivity index (χ4n) is 1.71. The minimum atomic E-state index is -0.817. The van der Waals surface area contributed by atoms with Crippen LogP contribution in [0.4, 0.5) is 0 Å². The molecule has 0 aliphatic carbocycles. The second-order valence-corrected chi connectivity index (χ2v) is 4.24. The molecule has 0 spiro atoms. The van der Waals surface area contributed by atoms with Crippen molar-refractivity contribution in [2.45, 2.75) is 19.9 Å². The van der Waals surface area contributed by atoms with Crippen molar-refractivity contribution < 1.29 is 14.4 Å². The number of aromatic nitrogens is 3. The molecule has 0 fully saturated rings. The van der Waals surface area contributed by atoms with Gasteiger partial charge in [-0.2, -0.15) is 4.98 Å². The lowest BCUT2D eigenvalue weighted by Crippen LogP contribution is -2.25. The monoisotopic (exact) mass is 276 g/mol. The first-order chi connectivity index (χ1) is 9.69. The Kier molecular flexibility index (Phi) is 4.78. The highest BCUT2D eigenvalue weighted by Gasteiger charge is 2.13. The van der Waals surface area contributed by atoms with E-state index in [1.165, 1.54) is 0 Å². The predicted molar refractivity (Wildman–Crippen MR) is 70.7 cm³/mol. The molecule has 0 radical (unpaired) electrons. The van der Waals surface area contributed by atoms with E-state index in [9.17, 15) is 4.79 Å². The zero-order valence-corrected chi connectivity index (χ0v) is 11.2. The van der Waals surface area contributed by atoms with Crippen molar-refractivity contribution in [2.24, 2.45) is 0 Å². The summed E-state index contributed by atoms with van der Waals surface area (Å²) in [5, 5.41) is 12.6. The maximum absolute atomic E-state index is 10.6. The molecule has 2 aromatic rings. The third kappa shape index (κ3) is 3.86. The molecule has 0 saturated heterocycles. The summed E-state index contributed by atoms with van der Waals surface area (Å²) in [7, 11) is 0. The van der Waals surface area contributed by atoms with E-state index in [1.807, 2.05) is 24.0 Å². The van der Waals surface area contributed by atoms with E-state index in [4.69, 9.17) is 9.63 Å². The number of hydrogen-bond acceptors (Lipinski definition) is 6. The van der Waals surface area contributed by atoms with Gasteiger partial charge in [-0.25, -0.2) is 0 Å². The van der Waals surface area contributed by atoms with Crippen LogP contribution in [-0.2, 0) is 11.3 Å². The number of pyridine rings is 1. The van der Waals surface area contributed by atoms with Gasteiger partial charge in [-0.3, -0.25) is 14.7 Å². The van der Waals surface area contributed by atoms with Crippen LogP contribution in [0.3, 0.4) is 0 Å². The summed E-state index contributed by atoms with van der Waals surface area (Å²) in [6.45, 7) is 3.56. The van der Waals surface area contributed by atoms with Crippen LogP contribution in [0.15, 0.2) is 28.9 Å². The van der Waals surface area contributed by atoms with Crippen LogP contribution in [0.2, 0.25) is 0 Å². The fraction of sp³-hybridized carbons (Fsp3) is 0.385. The average Bonchev–Trinajstić information content (AvgIpc) is 2.92. The highest BCUT2D eigenvalue weighted by atomic mass is 16.5. The number of carboxylic acid groups (broad SMARTS) is 1. The Bertz CT molecular complexity index is 556. The van der Waals surface area contributed by atoms with Gasteiger partial charge in [0.05, 0.1) is 13.0 Å². The Morgan fingerprint density at radius 2 is 2.30 bits per heavy atom. The third-order valence-electron chi connectivity index (χ3n) is 2.81. The Morgan fingerprint density at radius 1 is 1.45 bits per heavy atom. The van der Waals surface area contributed by atoms with Crippen LogP contribution in [-0.4, -0.2) is 44.2 Å². The molecule has 0 amide bonds. The van der Waals surface area contributed by atoms with Crippen molar-refractivity contribution in [3.05, 3.63) is 30.3 Å². The molecule has 0 aromatic carbocycles. The molecule has 0 atom stereocenters. The maximum atomic E-state index is 10.6. The maximum Gasteiger partial charge on any atom is 0.304 e. The summed E-state index contributed by atoms with van der Waals surface area (Å²) < 4.78 is 5.17. The van der Waals surface area contributed by atoms with E-state index in [1.54, 1.807) is 12.3 Å². The van der Waals surface area contributed by atoms with Crippen LogP contribution in [0.1, 0.15) is 19.2 Å². The quantitative estimate of drug-likeness (QED) is 0.817. The summed E-state index contributed by atoms with van der Waals surface area (Å²) >= 11 is 0. The number of carbonyl (C=O) groups is 1. The van der Waals surface area contributed by atoms with Crippen molar-refractivity contribution in [1.29, 1.82) is 0 Å². The van der Waals surface area contributed by atoms with Crippen molar-refractivity contribution in [3.8, 4) is 11.5 Å². The molecule has 106 valence electrons. The molecule has 0 saturated carbocycles. The second-order valence-electron chi connectivity index (χ2n) is 4.24. The van der Waals surface area contributed by atoms with Gasteiger partial charge in [0.2, 0.25) is 11.7 Å². The van der Waals surface area contributed by atoms with Crippen molar-refractivity contribution in [1.82, 2.24) is 20.0 Å². The number of aliphatic carboxylic acids is 1. The lowest BCUT2D eigenvalue weighted by atomic mass is 10.3. The first-order valence-electron chi connectivity index (χ1n) is 6.37. The van der Waals surface area contributed by atoms with E-state index >= 15 is 0 Å². The summed E-state index contributed by atoms with van der Waals surface area (Å²) in [6.07, 6.45) is 1.76. The molecule has 2 aromatic heterocycles. The fourth-order valence-corrected chi connectivity index (χ4v) is 1.71. The predicted octanol–water partition coefficient (Wildman–Crippen LogP) is 1.43. The molecule has 0 aliphatic rings. The zero-order valence-electron chi connectivity index (χ0n) is 11.2. The molecule has 20 heavy (non-hydrogen) atoms. The van der Waals surface area contributed by atoms with Gasteiger partial charge in [-0.15, -0.1) is 0 Å². The van der Waals surface area contributed by atoms with Crippen LogP contribution in [0.5, 0.6) is 0 Å². The Hall–Kier alpha value is -2.28. The molecule has 2 rings (SSSR count). The minimum absolute atomic E-state index is 0.0923. The average molecular weight is 276 g/mol. The van der Waals surface area contributed by atoms with E-state index < -0.39 is 5.97 Å². The van der Waals surface area contributed by atoms with Gasteiger partial charge < -0.3 is 9.63 Å². The standard InChI is InChI=1S/C13H16N4O3/c1-2-17(8-6-12(18)19)9-11-15-13(16-20-11)10-5-3-4-7-14-10/h3-5,7H,2,6,8-9H2,1H3,(H,18,19). The molecule has 0 aliphatic heterocycles. The van der Waals surface area contributed by atoms with Gasteiger partial charge in [0.1, 0.15) is 5.69 Å². The molecule has 1 N–H and O–H groups in total. The van der Waals surface area contributed by atoms with Crippen molar-refractivity contribution in [2.75, 3.05) is 13.1 Å². The van der Waals surface area contributed by atoms with E-state index in [0.29, 0.717) is 37.0 Å². The Labute approximate surface area is 116 Å². The lowest BCUT2D eigenvalue weighted by Gasteiger charge is -2.16. The summed E-state index contributed by atoms with van der Waals surface area (Å²) in [5.41, 5.74) is 0.649. The first-order valence-corrected chi connectivity index (χ1v) is 6.37. The Balaban J connectivity index is 2.00. The van der Waals surface area contributed by atoms with Crippen LogP contribution >= 0.6 is 0 Å². The summed E-state index contributed by atoms with van der Waals surface area (Å²) in [4.78, 5) is 20.9. The summed E-state index contributed by atoms with van der Waals surface area (Å²) in [6, 6.07) is 5.47. The third-order valence-corrected chi connectivity index (χ3v) is 2.81. The molecule has 0 unspecified atom stereocenters. The van der Waals surface area contributed by atoms with Gasteiger partial charge in [-0.05, 0) is 18.7 Å². The van der Waals surface area contributed by atoms with Crippen LogP contribution in [0, 0.1) is 0 Å². The normalized spacial score (nSPS) is 10.9. The highest BCUT2D eigenvalue weighted by molar-refractivity contribution is 5.66. The first kappa shape index (κ1) is 14.1. The molecule has 0 bridgehead atoms. The van der Waals surface area contributed by atoms with Gasteiger partial charge in [0.15, 0.2) is 0 Å². The van der Waals surface area contributed by atoms with Gasteiger partial charge in [0.25, 0.3) is 0 Å². The Morgan fingerprint density at radius 3 is 2.95 bits per heavy atom. The van der Waals surface area contributed by atoms with Crippen molar-refractivity contribution >= 4 is 5.97 Å². The minimum Gasteiger partial charge on any atom is -0.481 e. The summed E-state index contributed by atoms with van der Waals surface area (Å²) in [5.74, 6) is 0.0796. The lowest BCUT2D eigenvalue weighted by molar-refractivity contribution is -0.137. The van der Waals surface area contributed by atoms with Gasteiger partial charge in [0, 0.05) is 12.7 Å². The van der Waals surface area contributed by atoms with Crippen molar-refractivity contribution in [3.63, 3.8) is 0 Å². The van der Waals surface area contributed by atoms with E-state index in [-0.39, 0.29) is 6.42 Å². The van der Waals surface area contributed by atoms with Crippen LogP contribution in [0.25, 0.3) is 11.5 Å². The number of hydrogen-bond donors (Lipinski definition) is 1. The molecular weight excluding hydrogens is 260 g/mol. The molecular formula is C13H16N4O3. The van der Waals surface area contributed by atoms with E-state index in [2.05, 4.69) is 15.1 Å². The topological polar surface area (TPSA) is 92.4 Å². The number of rotatable bonds is 7. The largest absolute Gasteiger partial charge is 0.481 e. The molecule has 2 heterocycles. The van der Waals surface area contributed by atoms with E-state index in [0.717, 1.165) is 0 Å². The number of carboxylic acids is 1. The smallest absolute Gasteiger partial charge is 0.304 e.